The Morgan fingerprint density at radius 3 is 2.37 bits per heavy atom. The zero-order valence-corrected chi connectivity index (χ0v) is 10.4. The molecule has 1 rings (SSSR count). The number of carbonyl (C=O) groups excluding carboxylic acids is 2. The summed E-state index contributed by atoms with van der Waals surface area (Å²) in [5.41, 5.74) is 0. The van der Waals surface area contributed by atoms with Gasteiger partial charge in [-0.15, -0.1) is 0 Å². The average molecular weight is 269 g/mol. The van der Waals surface area contributed by atoms with Gasteiger partial charge in [0.15, 0.2) is 11.8 Å². The van der Waals surface area contributed by atoms with Crippen molar-refractivity contribution in [3.05, 3.63) is 24.3 Å². The van der Waals surface area contributed by atoms with Crippen molar-refractivity contribution in [2.45, 2.75) is 13.0 Å². The van der Waals surface area contributed by atoms with E-state index in [4.69, 9.17) is 4.74 Å². The highest BCUT2D eigenvalue weighted by Gasteiger charge is 2.05. The fraction of sp³-hybridized carbons (Fsp3) is 0.333. The highest BCUT2D eigenvalue weighted by molar-refractivity contribution is 5.91. The number of methoxy groups -OCH3 is 1. The lowest BCUT2D eigenvalue weighted by Gasteiger charge is -2.06. The van der Waals surface area contributed by atoms with E-state index in [-0.39, 0.29) is 18.4 Å². The Bertz CT molecular complexity index is 457. The minimum atomic E-state index is -0.661. The number of aromatic nitrogens is 1. The van der Waals surface area contributed by atoms with Crippen LogP contribution in [0.25, 0.3) is 0 Å². The molecule has 104 valence electrons. The van der Waals surface area contributed by atoms with E-state index in [1.54, 1.807) is 0 Å². The van der Waals surface area contributed by atoms with Crippen LogP contribution in [0.1, 0.15) is 6.42 Å². The maximum atomic E-state index is 11.1. The molecule has 0 aliphatic rings. The normalized spacial score (nSPS) is 10.6. The number of carbonyl (C=O) groups is 2. The first-order chi connectivity index (χ1) is 9.04. The largest absolute Gasteiger partial charge is 0.494 e. The molecule has 2 N–H and O–H groups in total. The van der Waals surface area contributed by atoms with E-state index >= 15 is 0 Å². The third kappa shape index (κ3) is 4.74. The second-order valence-corrected chi connectivity index (χ2v) is 3.58. The molecule has 0 bridgehead atoms. The van der Waals surface area contributed by atoms with Crippen molar-refractivity contribution in [3.63, 3.8) is 0 Å². The molecule has 1 aromatic rings. The van der Waals surface area contributed by atoms with E-state index in [0.717, 1.165) is 12.2 Å². The van der Waals surface area contributed by atoms with E-state index in [2.05, 4.69) is 4.74 Å². The van der Waals surface area contributed by atoms with Crippen molar-refractivity contribution >= 4 is 11.9 Å². The highest BCUT2D eigenvalue weighted by Crippen LogP contribution is 2.20. The molecule has 0 spiro atoms. The lowest BCUT2D eigenvalue weighted by molar-refractivity contribution is -0.139. The SMILES string of the molecule is COC(=O)C=CC(=O)OCCCn1c(O)ccc1O. The summed E-state index contributed by atoms with van der Waals surface area (Å²) in [5.74, 6) is -1.42. The molecular formula is C12H15NO6. The van der Waals surface area contributed by atoms with Gasteiger partial charge in [0.25, 0.3) is 0 Å². The monoisotopic (exact) mass is 269 g/mol. The van der Waals surface area contributed by atoms with Crippen LogP contribution in [0.2, 0.25) is 0 Å². The standard InChI is InChI=1S/C12H15NO6/c1-18-11(16)5-6-12(17)19-8-2-7-13-9(14)3-4-10(13)15/h3-6,14-15H,2,7-8H2,1H3. The third-order valence-corrected chi connectivity index (χ3v) is 2.26. The van der Waals surface area contributed by atoms with Gasteiger partial charge in [-0.1, -0.05) is 0 Å². The van der Waals surface area contributed by atoms with Gasteiger partial charge in [-0.3, -0.25) is 4.57 Å². The number of esters is 2. The molecular weight excluding hydrogens is 254 g/mol. The summed E-state index contributed by atoms with van der Waals surface area (Å²) in [6, 6.07) is 2.72. The Balaban J connectivity index is 2.26. The molecule has 7 nitrogen and oxygen atoms in total. The summed E-state index contributed by atoms with van der Waals surface area (Å²) in [4.78, 5) is 21.8. The summed E-state index contributed by atoms with van der Waals surface area (Å²) < 4.78 is 10.4. The number of ether oxygens (including phenoxy) is 2. The average Bonchev–Trinajstić information content (AvgIpc) is 2.71. The molecule has 0 aromatic carbocycles. The zero-order chi connectivity index (χ0) is 14.3. The molecule has 0 aliphatic carbocycles. The van der Waals surface area contributed by atoms with Crippen LogP contribution in [-0.4, -0.2) is 40.4 Å². The third-order valence-electron chi connectivity index (χ3n) is 2.26. The van der Waals surface area contributed by atoms with Gasteiger partial charge in [-0.25, -0.2) is 9.59 Å². The minimum absolute atomic E-state index is 0.0607. The van der Waals surface area contributed by atoms with E-state index in [9.17, 15) is 19.8 Å². The first-order valence-electron chi connectivity index (χ1n) is 5.55. The van der Waals surface area contributed by atoms with Crippen molar-refractivity contribution in [3.8, 4) is 11.8 Å². The van der Waals surface area contributed by atoms with Gasteiger partial charge in [-0.2, -0.15) is 0 Å². The highest BCUT2D eigenvalue weighted by atomic mass is 16.5. The first-order valence-corrected chi connectivity index (χ1v) is 5.55. The Kier molecular flexibility index (Phi) is 5.46. The van der Waals surface area contributed by atoms with Crippen molar-refractivity contribution in [1.82, 2.24) is 4.57 Å². The maximum absolute atomic E-state index is 11.1. The predicted octanol–water partition coefficient (Wildman–Crippen LogP) is 0.562. The first kappa shape index (κ1) is 14.6. The van der Waals surface area contributed by atoms with Crippen molar-refractivity contribution < 1.29 is 29.3 Å². The molecule has 0 amide bonds. The smallest absolute Gasteiger partial charge is 0.331 e. The zero-order valence-electron chi connectivity index (χ0n) is 10.4. The Labute approximate surface area is 109 Å². The topological polar surface area (TPSA) is 98.0 Å². The van der Waals surface area contributed by atoms with Crippen molar-refractivity contribution in [1.29, 1.82) is 0 Å². The summed E-state index contributed by atoms with van der Waals surface area (Å²) in [6.45, 7) is 0.403. The molecule has 0 saturated carbocycles. The molecule has 0 fully saturated rings. The van der Waals surface area contributed by atoms with Crippen molar-refractivity contribution in [2.75, 3.05) is 13.7 Å². The Hall–Kier alpha value is -2.44. The Morgan fingerprint density at radius 2 is 1.79 bits per heavy atom. The van der Waals surface area contributed by atoms with E-state index in [1.807, 2.05) is 0 Å². The van der Waals surface area contributed by atoms with Gasteiger partial charge in [0.05, 0.1) is 13.7 Å². The lowest BCUT2D eigenvalue weighted by atomic mass is 10.4. The number of hydrogen-bond acceptors (Lipinski definition) is 6. The molecule has 0 unspecified atom stereocenters. The second kappa shape index (κ2) is 7.10. The van der Waals surface area contributed by atoms with E-state index < -0.39 is 11.9 Å². The van der Waals surface area contributed by atoms with Crippen LogP contribution in [0.3, 0.4) is 0 Å². The molecule has 0 saturated heterocycles. The predicted molar refractivity (Wildman–Crippen MR) is 64.5 cm³/mol. The summed E-state index contributed by atoms with van der Waals surface area (Å²) in [5, 5.41) is 18.7. The fourth-order valence-corrected chi connectivity index (χ4v) is 1.32. The summed E-state index contributed by atoms with van der Waals surface area (Å²) in [6.07, 6.45) is 2.34. The molecule has 1 heterocycles. The van der Waals surface area contributed by atoms with Gasteiger partial charge in [0.2, 0.25) is 0 Å². The van der Waals surface area contributed by atoms with Crippen LogP contribution in [0.5, 0.6) is 11.8 Å². The van der Waals surface area contributed by atoms with E-state index in [0.29, 0.717) is 13.0 Å². The molecule has 0 atom stereocenters. The molecule has 19 heavy (non-hydrogen) atoms. The summed E-state index contributed by atoms with van der Waals surface area (Å²) in [7, 11) is 1.20. The second-order valence-electron chi connectivity index (χ2n) is 3.58. The molecule has 0 aliphatic heterocycles. The number of hydrogen-bond donors (Lipinski definition) is 2. The van der Waals surface area contributed by atoms with Crippen LogP contribution in [-0.2, 0) is 25.6 Å². The van der Waals surface area contributed by atoms with E-state index in [1.165, 1.54) is 23.8 Å². The van der Waals surface area contributed by atoms with Gasteiger partial charge in [0.1, 0.15) is 0 Å². The van der Waals surface area contributed by atoms with Gasteiger partial charge < -0.3 is 19.7 Å². The number of rotatable bonds is 6. The maximum Gasteiger partial charge on any atom is 0.331 e. The van der Waals surface area contributed by atoms with Crippen LogP contribution in [0, 0.1) is 0 Å². The van der Waals surface area contributed by atoms with Gasteiger partial charge >= 0.3 is 11.9 Å². The van der Waals surface area contributed by atoms with Crippen LogP contribution in [0.15, 0.2) is 24.3 Å². The summed E-state index contributed by atoms with van der Waals surface area (Å²) >= 11 is 0. The molecule has 0 radical (unpaired) electrons. The van der Waals surface area contributed by atoms with Crippen LogP contribution in [0.4, 0.5) is 0 Å². The molecule has 1 aromatic heterocycles. The minimum Gasteiger partial charge on any atom is -0.494 e. The Morgan fingerprint density at radius 1 is 1.21 bits per heavy atom. The van der Waals surface area contributed by atoms with Crippen LogP contribution < -0.4 is 0 Å². The van der Waals surface area contributed by atoms with Gasteiger partial charge in [0, 0.05) is 30.8 Å². The van der Waals surface area contributed by atoms with Gasteiger partial charge in [-0.05, 0) is 6.42 Å². The molecule has 7 heteroatoms. The van der Waals surface area contributed by atoms with Crippen molar-refractivity contribution in [2.24, 2.45) is 0 Å². The van der Waals surface area contributed by atoms with Crippen LogP contribution >= 0.6 is 0 Å². The lowest BCUT2D eigenvalue weighted by Crippen LogP contribution is -2.07. The quantitative estimate of drug-likeness (QED) is 0.445. The number of aromatic hydroxyl groups is 2. The number of nitrogens with zero attached hydrogens (tertiary/aromatic N) is 1. The fourth-order valence-electron chi connectivity index (χ4n) is 1.32.